The van der Waals surface area contributed by atoms with Gasteiger partial charge in [-0.1, -0.05) is 84.0 Å². The molecule has 0 bridgehead atoms. The molecule has 0 fully saturated rings. The average Bonchev–Trinajstić information content (AvgIpc) is 2.59. The Hall–Kier alpha value is 0.110. The monoisotopic (exact) mass is 406 g/mol. The van der Waals surface area contributed by atoms with Gasteiger partial charge in [0.15, 0.2) is 0 Å². The van der Waals surface area contributed by atoms with Crippen molar-refractivity contribution in [1.29, 1.82) is 0 Å². The SMILES string of the molecule is CCCCCCCCCCCCCCCOCCCOP(=O)(O)C(C)(C)C. The molecule has 0 rings (SSSR count). The van der Waals surface area contributed by atoms with Gasteiger partial charge in [-0.2, -0.15) is 0 Å². The van der Waals surface area contributed by atoms with Crippen molar-refractivity contribution in [2.45, 2.75) is 123 Å². The zero-order chi connectivity index (χ0) is 20.4. The summed E-state index contributed by atoms with van der Waals surface area (Å²) < 4.78 is 22.6. The lowest BCUT2D eigenvalue weighted by Crippen LogP contribution is -2.17. The molecule has 0 aliphatic rings. The molecule has 0 aliphatic carbocycles. The Morgan fingerprint density at radius 1 is 0.667 bits per heavy atom. The molecule has 0 heterocycles. The lowest BCUT2D eigenvalue weighted by atomic mass is 10.0. The van der Waals surface area contributed by atoms with Gasteiger partial charge < -0.3 is 14.2 Å². The highest BCUT2D eigenvalue weighted by molar-refractivity contribution is 7.54. The van der Waals surface area contributed by atoms with Crippen LogP contribution in [-0.2, 0) is 13.8 Å². The van der Waals surface area contributed by atoms with Crippen LogP contribution in [0.15, 0.2) is 0 Å². The Kier molecular flexibility index (Phi) is 17.1. The number of hydrogen-bond donors (Lipinski definition) is 1. The van der Waals surface area contributed by atoms with E-state index in [0.29, 0.717) is 13.0 Å². The minimum atomic E-state index is -3.52. The second kappa shape index (κ2) is 17.0. The van der Waals surface area contributed by atoms with E-state index < -0.39 is 12.8 Å². The fourth-order valence-corrected chi connectivity index (χ4v) is 3.63. The lowest BCUT2D eigenvalue weighted by molar-refractivity contribution is 0.112. The van der Waals surface area contributed by atoms with Gasteiger partial charge in [-0.3, -0.25) is 4.57 Å². The standard InChI is InChI=1S/C22H47O4P/c1-5-6-7-8-9-10-11-12-13-14-15-16-17-19-25-20-18-21-26-27(23,24)22(2,3)4/h5-21H2,1-4H3,(H,23,24). The van der Waals surface area contributed by atoms with Gasteiger partial charge in [0.05, 0.1) is 11.8 Å². The second-order valence-corrected chi connectivity index (χ2v) is 11.4. The summed E-state index contributed by atoms with van der Waals surface area (Å²) in [6.07, 6.45) is 18.3. The molecule has 0 spiro atoms. The Bertz CT molecular complexity index is 366. The van der Waals surface area contributed by atoms with Crippen molar-refractivity contribution in [2.75, 3.05) is 19.8 Å². The Morgan fingerprint density at radius 2 is 1.07 bits per heavy atom. The van der Waals surface area contributed by atoms with Gasteiger partial charge in [-0.25, -0.2) is 0 Å². The first-order valence-electron chi connectivity index (χ1n) is 11.4. The number of rotatable bonds is 19. The molecule has 4 nitrogen and oxygen atoms in total. The van der Waals surface area contributed by atoms with Crippen LogP contribution in [0.25, 0.3) is 0 Å². The second-order valence-electron chi connectivity index (χ2n) is 8.73. The van der Waals surface area contributed by atoms with E-state index in [1.165, 1.54) is 77.0 Å². The van der Waals surface area contributed by atoms with Crippen molar-refractivity contribution in [3.05, 3.63) is 0 Å². The van der Waals surface area contributed by atoms with Gasteiger partial charge in [-0.15, -0.1) is 0 Å². The Balaban J connectivity index is 3.21. The smallest absolute Gasteiger partial charge is 0.333 e. The maximum absolute atomic E-state index is 11.9. The predicted molar refractivity (Wildman–Crippen MR) is 117 cm³/mol. The highest BCUT2D eigenvalue weighted by atomic mass is 31.2. The molecule has 0 saturated heterocycles. The van der Waals surface area contributed by atoms with Gasteiger partial charge in [0, 0.05) is 13.2 Å². The molecular weight excluding hydrogens is 359 g/mol. The first kappa shape index (κ1) is 27.1. The quantitative estimate of drug-likeness (QED) is 0.178. The van der Waals surface area contributed by atoms with Crippen molar-refractivity contribution < 1.29 is 18.7 Å². The average molecular weight is 407 g/mol. The molecule has 27 heavy (non-hydrogen) atoms. The summed E-state index contributed by atoms with van der Waals surface area (Å²) in [6, 6.07) is 0. The molecule has 0 aromatic carbocycles. The van der Waals surface area contributed by atoms with Crippen LogP contribution < -0.4 is 0 Å². The summed E-state index contributed by atoms with van der Waals surface area (Å²) in [5.74, 6) is 0. The highest BCUT2D eigenvalue weighted by Gasteiger charge is 2.35. The molecule has 1 N–H and O–H groups in total. The van der Waals surface area contributed by atoms with Gasteiger partial charge in [0.25, 0.3) is 0 Å². The van der Waals surface area contributed by atoms with E-state index in [2.05, 4.69) is 6.92 Å². The van der Waals surface area contributed by atoms with E-state index in [-0.39, 0.29) is 6.61 Å². The molecular formula is C22H47O4P. The molecule has 0 aliphatic heterocycles. The molecule has 164 valence electrons. The summed E-state index contributed by atoms with van der Waals surface area (Å²) in [6.45, 7) is 9.10. The Labute approximate surface area is 169 Å². The zero-order valence-corrected chi connectivity index (χ0v) is 19.5. The third-order valence-corrected chi connectivity index (χ3v) is 7.17. The van der Waals surface area contributed by atoms with E-state index in [9.17, 15) is 9.46 Å². The van der Waals surface area contributed by atoms with E-state index in [4.69, 9.17) is 9.26 Å². The van der Waals surface area contributed by atoms with Crippen LogP contribution >= 0.6 is 7.60 Å². The normalized spacial score (nSPS) is 14.4. The van der Waals surface area contributed by atoms with Crippen LogP contribution in [0.4, 0.5) is 0 Å². The van der Waals surface area contributed by atoms with Crippen molar-refractivity contribution in [1.82, 2.24) is 0 Å². The molecule has 0 amide bonds. The summed E-state index contributed by atoms with van der Waals surface area (Å²) >= 11 is 0. The van der Waals surface area contributed by atoms with Crippen molar-refractivity contribution >= 4 is 7.60 Å². The first-order valence-corrected chi connectivity index (χ1v) is 12.9. The van der Waals surface area contributed by atoms with E-state index in [1.54, 1.807) is 20.8 Å². The van der Waals surface area contributed by atoms with Gasteiger partial charge in [0.2, 0.25) is 0 Å². The van der Waals surface area contributed by atoms with E-state index in [1.807, 2.05) is 0 Å². The molecule has 1 atom stereocenters. The van der Waals surface area contributed by atoms with Crippen LogP contribution in [0.1, 0.15) is 118 Å². The number of hydrogen-bond acceptors (Lipinski definition) is 3. The van der Waals surface area contributed by atoms with Crippen LogP contribution in [0.3, 0.4) is 0 Å². The third-order valence-electron chi connectivity index (χ3n) is 4.94. The molecule has 1 unspecified atom stereocenters. The molecule has 0 aromatic rings. The maximum Gasteiger partial charge on any atom is 0.333 e. The summed E-state index contributed by atoms with van der Waals surface area (Å²) in [4.78, 5) is 9.78. The summed E-state index contributed by atoms with van der Waals surface area (Å²) in [7, 11) is -3.52. The lowest BCUT2D eigenvalue weighted by Gasteiger charge is -2.24. The molecule has 5 heteroatoms. The predicted octanol–water partition coefficient (Wildman–Crippen LogP) is 7.48. The van der Waals surface area contributed by atoms with Gasteiger partial charge in [-0.05, 0) is 33.6 Å². The zero-order valence-electron chi connectivity index (χ0n) is 18.6. The summed E-state index contributed by atoms with van der Waals surface area (Å²) in [5, 5.41) is -0.720. The van der Waals surface area contributed by atoms with Crippen LogP contribution in [0.2, 0.25) is 0 Å². The largest absolute Gasteiger partial charge is 0.381 e. The van der Waals surface area contributed by atoms with Gasteiger partial charge >= 0.3 is 7.60 Å². The number of ether oxygens (including phenoxy) is 1. The highest BCUT2D eigenvalue weighted by Crippen LogP contribution is 2.54. The van der Waals surface area contributed by atoms with Gasteiger partial charge in [0.1, 0.15) is 0 Å². The van der Waals surface area contributed by atoms with Crippen molar-refractivity contribution in [3.8, 4) is 0 Å². The third kappa shape index (κ3) is 16.7. The van der Waals surface area contributed by atoms with Crippen LogP contribution in [-0.4, -0.2) is 29.9 Å². The van der Waals surface area contributed by atoms with Crippen LogP contribution in [0.5, 0.6) is 0 Å². The summed E-state index contributed by atoms with van der Waals surface area (Å²) in [5.41, 5.74) is 0. The molecule has 0 saturated carbocycles. The van der Waals surface area contributed by atoms with E-state index in [0.717, 1.165) is 13.0 Å². The van der Waals surface area contributed by atoms with Crippen LogP contribution in [0, 0.1) is 0 Å². The van der Waals surface area contributed by atoms with Crippen molar-refractivity contribution in [2.24, 2.45) is 0 Å². The first-order chi connectivity index (χ1) is 12.8. The minimum Gasteiger partial charge on any atom is -0.381 e. The van der Waals surface area contributed by atoms with Crippen molar-refractivity contribution in [3.63, 3.8) is 0 Å². The Morgan fingerprint density at radius 3 is 1.52 bits per heavy atom. The maximum atomic E-state index is 11.9. The topological polar surface area (TPSA) is 55.8 Å². The van der Waals surface area contributed by atoms with E-state index >= 15 is 0 Å². The minimum absolute atomic E-state index is 0.281. The fourth-order valence-electron chi connectivity index (χ4n) is 2.87. The number of unbranched alkanes of at least 4 members (excludes halogenated alkanes) is 12. The molecule has 0 aromatic heterocycles. The molecule has 0 radical (unpaired) electrons. The fraction of sp³-hybridized carbons (Fsp3) is 1.00.